The van der Waals surface area contributed by atoms with Crippen molar-refractivity contribution in [2.24, 2.45) is 0 Å². The summed E-state index contributed by atoms with van der Waals surface area (Å²) in [6.07, 6.45) is 2.31. The van der Waals surface area contributed by atoms with E-state index in [1.807, 2.05) is 7.05 Å². The maximum absolute atomic E-state index is 3.54. The van der Waals surface area contributed by atoms with Crippen molar-refractivity contribution in [2.45, 2.75) is 26.7 Å². The topological polar surface area (TPSA) is 27.8 Å². The van der Waals surface area contributed by atoms with Crippen LogP contribution >= 0.6 is 0 Å². The fourth-order valence-corrected chi connectivity index (χ4v) is 2.20. The first-order valence-corrected chi connectivity index (χ1v) is 5.95. The lowest BCUT2D eigenvalue weighted by atomic mass is 10.1. The molecule has 0 aliphatic rings. The zero-order chi connectivity index (χ0) is 11.5. The molecule has 16 heavy (non-hydrogen) atoms. The number of benzene rings is 1. The number of H-pyrrole nitrogens is 1. The van der Waals surface area contributed by atoms with Gasteiger partial charge in [-0.25, -0.2) is 0 Å². The summed E-state index contributed by atoms with van der Waals surface area (Å²) in [6, 6.07) is 6.63. The molecule has 2 rings (SSSR count). The SMILES string of the molecule is CNCCCc1[nH]c2cc(C)ccc2c1C. The number of hydrogen-bond acceptors (Lipinski definition) is 1. The molecular formula is C14H20N2. The van der Waals surface area contributed by atoms with E-state index in [0.717, 1.165) is 13.0 Å². The fourth-order valence-electron chi connectivity index (χ4n) is 2.20. The van der Waals surface area contributed by atoms with Crippen molar-refractivity contribution in [3.63, 3.8) is 0 Å². The first-order valence-electron chi connectivity index (χ1n) is 5.95. The Morgan fingerprint density at radius 3 is 2.81 bits per heavy atom. The van der Waals surface area contributed by atoms with Gasteiger partial charge in [0.15, 0.2) is 0 Å². The quantitative estimate of drug-likeness (QED) is 0.756. The molecule has 0 unspecified atom stereocenters. The highest BCUT2D eigenvalue weighted by Gasteiger charge is 2.06. The van der Waals surface area contributed by atoms with Crippen LogP contribution in [0.3, 0.4) is 0 Å². The van der Waals surface area contributed by atoms with Gasteiger partial charge in [-0.1, -0.05) is 12.1 Å². The van der Waals surface area contributed by atoms with Gasteiger partial charge in [0.05, 0.1) is 0 Å². The second-order valence-electron chi connectivity index (χ2n) is 4.48. The summed E-state index contributed by atoms with van der Waals surface area (Å²) in [4.78, 5) is 3.54. The summed E-state index contributed by atoms with van der Waals surface area (Å²) in [5.41, 5.74) is 5.38. The molecule has 0 saturated carbocycles. The molecular weight excluding hydrogens is 196 g/mol. The van der Waals surface area contributed by atoms with Gasteiger partial charge in [-0.3, -0.25) is 0 Å². The highest BCUT2D eigenvalue weighted by molar-refractivity contribution is 5.84. The average Bonchev–Trinajstić information content (AvgIpc) is 2.56. The van der Waals surface area contributed by atoms with E-state index in [-0.39, 0.29) is 0 Å². The van der Waals surface area contributed by atoms with Crippen LogP contribution in [0.1, 0.15) is 23.2 Å². The van der Waals surface area contributed by atoms with E-state index < -0.39 is 0 Å². The van der Waals surface area contributed by atoms with Crippen molar-refractivity contribution in [3.8, 4) is 0 Å². The molecule has 2 nitrogen and oxygen atoms in total. The number of aromatic nitrogens is 1. The van der Waals surface area contributed by atoms with Gasteiger partial charge in [0.25, 0.3) is 0 Å². The maximum Gasteiger partial charge on any atom is 0.0461 e. The molecule has 2 heteroatoms. The normalized spacial score (nSPS) is 11.2. The van der Waals surface area contributed by atoms with E-state index in [9.17, 15) is 0 Å². The van der Waals surface area contributed by atoms with Gasteiger partial charge >= 0.3 is 0 Å². The number of hydrogen-bond donors (Lipinski definition) is 2. The van der Waals surface area contributed by atoms with Crippen LogP contribution in [0.15, 0.2) is 18.2 Å². The van der Waals surface area contributed by atoms with Crippen LogP contribution in [0.5, 0.6) is 0 Å². The van der Waals surface area contributed by atoms with Crippen molar-refractivity contribution in [1.82, 2.24) is 10.3 Å². The molecule has 0 bridgehead atoms. The van der Waals surface area contributed by atoms with Gasteiger partial charge in [0.1, 0.15) is 0 Å². The fraction of sp³-hybridized carbons (Fsp3) is 0.429. The van der Waals surface area contributed by atoms with Crippen LogP contribution in [-0.4, -0.2) is 18.6 Å². The van der Waals surface area contributed by atoms with E-state index in [1.54, 1.807) is 0 Å². The summed E-state index contributed by atoms with van der Waals surface area (Å²) in [7, 11) is 2.00. The van der Waals surface area contributed by atoms with Gasteiger partial charge in [0.2, 0.25) is 0 Å². The first-order chi connectivity index (χ1) is 7.72. The number of rotatable bonds is 4. The third-order valence-electron chi connectivity index (χ3n) is 3.17. The van der Waals surface area contributed by atoms with Gasteiger partial charge in [0, 0.05) is 16.6 Å². The number of aromatic amines is 1. The number of nitrogens with one attached hydrogen (secondary N) is 2. The van der Waals surface area contributed by atoms with Crippen LogP contribution in [0, 0.1) is 13.8 Å². The van der Waals surface area contributed by atoms with Crippen LogP contribution < -0.4 is 5.32 Å². The Morgan fingerprint density at radius 1 is 1.25 bits per heavy atom. The van der Waals surface area contributed by atoms with Crippen LogP contribution in [-0.2, 0) is 6.42 Å². The van der Waals surface area contributed by atoms with E-state index >= 15 is 0 Å². The van der Waals surface area contributed by atoms with Gasteiger partial charge in [-0.2, -0.15) is 0 Å². The number of fused-ring (bicyclic) bond motifs is 1. The molecule has 0 radical (unpaired) electrons. The molecule has 0 aliphatic carbocycles. The first kappa shape index (κ1) is 11.2. The Balaban J connectivity index is 2.29. The Labute approximate surface area is 97.1 Å². The molecule has 0 fully saturated rings. The van der Waals surface area contributed by atoms with E-state index in [1.165, 1.54) is 34.1 Å². The van der Waals surface area contributed by atoms with E-state index in [2.05, 4.69) is 42.3 Å². The van der Waals surface area contributed by atoms with Gasteiger partial charge < -0.3 is 10.3 Å². The summed E-state index contributed by atoms with van der Waals surface area (Å²) >= 11 is 0. The Hall–Kier alpha value is -1.28. The molecule has 2 N–H and O–H groups in total. The lowest BCUT2D eigenvalue weighted by molar-refractivity contribution is 0.716. The largest absolute Gasteiger partial charge is 0.358 e. The Kier molecular flexibility index (Phi) is 3.30. The summed E-state index contributed by atoms with van der Waals surface area (Å²) in [6.45, 7) is 5.42. The second-order valence-corrected chi connectivity index (χ2v) is 4.48. The smallest absolute Gasteiger partial charge is 0.0461 e. The zero-order valence-corrected chi connectivity index (χ0v) is 10.4. The van der Waals surface area contributed by atoms with Crippen molar-refractivity contribution in [3.05, 3.63) is 35.0 Å². The highest BCUT2D eigenvalue weighted by atomic mass is 14.8. The van der Waals surface area contributed by atoms with Gasteiger partial charge in [-0.15, -0.1) is 0 Å². The molecule has 1 aromatic heterocycles. The summed E-state index contributed by atoms with van der Waals surface area (Å²) < 4.78 is 0. The molecule has 1 heterocycles. The average molecular weight is 216 g/mol. The molecule has 0 amide bonds. The van der Waals surface area contributed by atoms with Crippen molar-refractivity contribution in [1.29, 1.82) is 0 Å². The molecule has 0 spiro atoms. The van der Waals surface area contributed by atoms with Crippen molar-refractivity contribution >= 4 is 10.9 Å². The summed E-state index contributed by atoms with van der Waals surface area (Å²) in [5, 5.41) is 4.55. The van der Waals surface area contributed by atoms with Crippen LogP contribution in [0.4, 0.5) is 0 Å². The molecule has 0 aliphatic heterocycles. The number of aryl methyl sites for hydroxylation is 3. The molecule has 86 valence electrons. The van der Waals surface area contributed by atoms with Crippen molar-refractivity contribution in [2.75, 3.05) is 13.6 Å². The molecule has 1 aromatic carbocycles. The van der Waals surface area contributed by atoms with Crippen LogP contribution in [0.2, 0.25) is 0 Å². The predicted octanol–water partition coefficient (Wildman–Crippen LogP) is 2.94. The predicted molar refractivity (Wildman–Crippen MR) is 70.0 cm³/mol. The third-order valence-corrected chi connectivity index (χ3v) is 3.17. The third kappa shape index (κ3) is 2.12. The molecule has 0 saturated heterocycles. The highest BCUT2D eigenvalue weighted by Crippen LogP contribution is 2.23. The molecule has 0 atom stereocenters. The second kappa shape index (κ2) is 4.71. The summed E-state index contributed by atoms with van der Waals surface area (Å²) in [5.74, 6) is 0. The minimum atomic E-state index is 1.08. The Morgan fingerprint density at radius 2 is 2.06 bits per heavy atom. The lowest BCUT2D eigenvalue weighted by Gasteiger charge is -1.99. The minimum Gasteiger partial charge on any atom is -0.358 e. The van der Waals surface area contributed by atoms with E-state index in [4.69, 9.17) is 0 Å². The maximum atomic E-state index is 3.54. The zero-order valence-electron chi connectivity index (χ0n) is 10.4. The minimum absolute atomic E-state index is 1.08. The van der Waals surface area contributed by atoms with Crippen molar-refractivity contribution < 1.29 is 0 Å². The lowest BCUT2D eigenvalue weighted by Crippen LogP contribution is -2.08. The van der Waals surface area contributed by atoms with Crippen LogP contribution in [0.25, 0.3) is 10.9 Å². The van der Waals surface area contributed by atoms with Gasteiger partial charge in [-0.05, 0) is 57.5 Å². The van der Waals surface area contributed by atoms with E-state index in [0.29, 0.717) is 0 Å². The Bertz CT molecular complexity index is 483. The standard InChI is InChI=1S/C14H20N2/c1-10-6-7-12-11(2)13(5-4-8-15-3)16-14(12)9-10/h6-7,9,15-16H,4-5,8H2,1-3H3. The molecule has 2 aromatic rings. The monoisotopic (exact) mass is 216 g/mol.